The van der Waals surface area contributed by atoms with E-state index in [1.807, 2.05) is 6.92 Å². The molecule has 1 aliphatic carbocycles. The third-order valence-corrected chi connectivity index (χ3v) is 2.14. The third kappa shape index (κ3) is 3.74. The summed E-state index contributed by atoms with van der Waals surface area (Å²) in [6.07, 6.45) is 2.68. The molecule has 0 aromatic carbocycles. The number of hydrogen-bond donors (Lipinski definition) is 3. The molecule has 1 rings (SSSR count). The van der Waals surface area contributed by atoms with Gasteiger partial charge in [0.05, 0.1) is 12.6 Å². The van der Waals surface area contributed by atoms with Gasteiger partial charge in [0.1, 0.15) is 0 Å². The molecule has 1 atom stereocenters. The van der Waals surface area contributed by atoms with E-state index in [1.165, 1.54) is 0 Å². The highest BCUT2D eigenvalue weighted by Gasteiger charge is 2.23. The maximum absolute atomic E-state index is 11.2. The number of amides is 2. The summed E-state index contributed by atoms with van der Waals surface area (Å²) in [5.74, 6) is -0.400. The third-order valence-electron chi connectivity index (χ3n) is 2.14. The summed E-state index contributed by atoms with van der Waals surface area (Å²) in [6, 6.07) is -0.178. The molecule has 1 saturated carbocycles. The van der Waals surface area contributed by atoms with Gasteiger partial charge >= 0.3 is 0 Å². The van der Waals surface area contributed by atoms with E-state index in [4.69, 9.17) is 5.73 Å². The van der Waals surface area contributed by atoms with E-state index in [0.717, 1.165) is 12.8 Å². The van der Waals surface area contributed by atoms with Crippen LogP contribution in [0.3, 0.4) is 0 Å². The minimum Gasteiger partial charge on any atom is -0.352 e. The molecule has 0 aromatic heterocycles. The van der Waals surface area contributed by atoms with Crippen molar-refractivity contribution in [1.29, 1.82) is 0 Å². The van der Waals surface area contributed by atoms with Crippen LogP contribution in [0.4, 0.5) is 0 Å². The summed E-state index contributed by atoms with van der Waals surface area (Å²) in [5, 5.41) is 5.26. The Kier molecular flexibility index (Phi) is 3.88. The second kappa shape index (κ2) is 4.95. The summed E-state index contributed by atoms with van der Waals surface area (Å²) in [6.45, 7) is 1.86. The van der Waals surface area contributed by atoms with Crippen LogP contribution in [0.25, 0.3) is 0 Å². The molecule has 0 radical (unpaired) electrons. The topological polar surface area (TPSA) is 84.2 Å². The van der Waals surface area contributed by atoms with Crippen LogP contribution in [0.5, 0.6) is 0 Å². The molecule has 0 aliphatic heterocycles. The predicted molar refractivity (Wildman–Crippen MR) is 52.4 cm³/mol. The van der Waals surface area contributed by atoms with Crippen molar-refractivity contribution in [2.45, 2.75) is 38.3 Å². The van der Waals surface area contributed by atoms with Gasteiger partial charge in [0.25, 0.3) is 0 Å². The van der Waals surface area contributed by atoms with Crippen LogP contribution >= 0.6 is 0 Å². The van der Waals surface area contributed by atoms with Gasteiger partial charge in [-0.15, -0.1) is 0 Å². The average Bonchev–Trinajstić information content (AvgIpc) is 2.96. The average molecular weight is 199 g/mol. The molecule has 0 saturated heterocycles. The quantitative estimate of drug-likeness (QED) is 0.537. The summed E-state index contributed by atoms with van der Waals surface area (Å²) >= 11 is 0. The minimum absolute atomic E-state index is 0.0308. The van der Waals surface area contributed by atoms with Crippen LogP contribution in [-0.2, 0) is 9.59 Å². The van der Waals surface area contributed by atoms with Gasteiger partial charge in [0.2, 0.25) is 11.8 Å². The number of rotatable bonds is 5. The van der Waals surface area contributed by atoms with Crippen molar-refractivity contribution in [1.82, 2.24) is 10.6 Å². The molecule has 0 unspecified atom stereocenters. The lowest BCUT2D eigenvalue weighted by Gasteiger charge is -2.09. The SMILES string of the molecule is CC[C@@H](N)C(=O)NCC(=O)NC1CC1. The molecular weight excluding hydrogens is 182 g/mol. The van der Waals surface area contributed by atoms with Gasteiger partial charge in [-0.1, -0.05) is 6.92 Å². The summed E-state index contributed by atoms with van der Waals surface area (Å²) in [5.41, 5.74) is 5.47. The summed E-state index contributed by atoms with van der Waals surface area (Å²) in [7, 11) is 0. The molecule has 5 heteroatoms. The second-order valence-corrected chi connectivity index (χ2v) is 3.57. The maximum Gasteiger partial charge on any atom is 0.239 e. The van der Waals surface area contributed by atoms with Crippen molar-refractivity contribution >= 4 is 11.8 Å². The fourth-order valence-electron chi connectivity index (χ4n) is 0.990. The molecular formula is C9H17N3O2. The first-order valence-electron chi connectivity index (χ1n) is 4.96. The number of nitrogens with two attached hydrogens (primary N) is 1. The van der Waals surface area contributed by atoms with Crippen LogP contribution in [0.15, 0.2) is 0 Å². The number of nitrogens with one attached hydrogen (secondary N) is 2. The van der Waals surface area contributed by atoms with Gasteiger partial charge in [-0.2, -0.15) is 0 Å². The Labute approximate surface area is 83.4 Å². The highest BCUT2D eigenvalue weighted by atomic mass is 16.2. The Morgan fingerprint density at radius 1 is 1.50 bits per heavy atom. The highest BCUT2D eigenvalue weighted by molar-refractivity contribution is 5.87. The Morgan fingerprint density at radius 2 is 2.14 bits per heavy atom. The van der Waals surface area contributed by atoms with Crippen LogP contribution in [0.1, 0.15) is 26.2 Å². The number of carbonyl (C=O) groups is 2. The van der Waals surface area contributed by atoms with Crippen LogP contribution in [0.2, 0.25) is 0 Å². The van der Waals surface area contributed by atoms with E-state index in [2.05, 4.69) is 10.6 Å². The van der Waals surface area contributed by atoms with Crippen molar-refractivity contribution in [3.8, 4) is 0 Å². The van der Waals surface area contributed by atoms with Crippen molar-refractivity contribution in [3.05, 3.63) is 0 Å². The van der Waals surface area contributed by atoms with Crippen molar-refractivity contribution < 1.29 is 9.59 Å². The molecule has 80 valence electrons. The van der Waals surface area contributed by atoms with E-state index in [9.17, 15) is 9.59 Å². The smallest absolute Gasteiger partial charge is 0.239 e. The first kappa shape index (κ1) is 11.0. The first-order chi connectivity index (χ1) is 6.63. The van der Waals surface area contributed by atoms with E-state index in [-0.39, 0.29) is 18.4 Å². The van der Waals surface area contributed by atoms with Crippen molar-refractivity contribution in [2.24, 2.45) is 5.73 Å². The molecule has 0 bridgehead atoms. The van der Waals surface area contributed by atoms with E-state index < -0.39 is 6.04 Å². The molecule has 1 fully saturated rings. The Hall–Kier alpha value is -1.10. The lowest BCUT2D eigenvalue weighted by molar-refractivity contribution is -0.126. The van der Waals surface area contributed by atoms with E-state index in [1.54, 1.807) is 0 Å². The predicted octanol–water partition coefficient (Wildman–Crippen LogP) is -0.881. The van der Waals surface area contributed by atoms with Gasteiger partial charge in [0.15, 0.2) is 0 Å². The molecule has 0 spiro atoms. The summed E-state index contributed by atoms with van der Waals surface area (Å²) < 4.78 is 0. The molecule has 4 N–H and O–H groups in total. The molecule has 14 heavy (non-hydrogen) atoms. The molecule has 1 aliphatic rings. The zero-order chi connectivity index (χ0) is 10.6. The lowest BCUT2D eigenvalue weighted by atomic mass is 10.2. The largest absolute Gasteiger partial charge is 0.352 e. The molecule has 5 nitrogen and oxygen atoms in total. The van der Waals surface area contributed by atoms with Gasteiger partial charge in [0, 0.05) is 6.04 Å². The van der Waals surface area contributed by atoms with Gasteiger partial charge in [-0.3, -0.25) is 9.59 Å². The first-order valence-corrected chi connectivity index (χ1v) is 4.96. The standard InChI is InChI=1S/C9H17N3O2/c1-2-7(10)9(14)11-5-8(13)12-6-3-4-6/h6-7H,2-5,10H2,1H3,(H,11,14)(H,12,13)/t7-/m1/s1. The molecule has 2 amide bonds. The maximum atomic E-state index is 11.2. The van der Waals surface area contributed by atoms with Gasteiger partial charge < -0.3 is 16.4 Å². The second-order valence-electron chi connectivity index (χ2n) is 3.57. The summed E-state index contributed by atoms with van der Waals surface area (Å²) in [4.78, 5) is 22.3. The van der Waals surface area contributed by atoms with E-state index in [0.29, 0.717) is 12.5 Å². The van der Waals surface area contributed by atoms with E-state index >= 15 is 0 Å². The van der Waals surface area contributed by atoms with Crippen LogP contribution in [-0.4, -0.2) is 30.4 Å². The zero-order valence-corrected chi connectivity index (χ0v) is 8.38. The number of hydrogen-bond acceptors (Lipinski definition) is 3. The van der Waals surface area contributed by atoms with Gasteiger partial charge in [-0.05, 0) is 19.3 Å². The minimum atomic E-state index is -0.510. The van der Waals surface area contributed by atoms with Crippen molar-refractivity contribution in [2.75, 3.05) is 6.54 Å². The Balaban J connectivity index is 2.11. The fourth-order valence-corrected chi connectivity index (χ4v) is 0.990. The van der Waals surface area contributed by atoms with Crippen LogP contribution in [0, 0.1) is 0 Å². The molecule has 0 aromatic rings. The molecule has 0 heterocycles. The Morgan fingerprint density at radius 3 is 2.64 bits per heavy atom. The van der Waals surface area contributed by atoms with Crippen LogP contribution < -0.4 is 16.4 Å². The van der Waals surface area contributed by atoms with Crippen molar-refractivity contribution in [3.63, 3.8) is 0 Å². The monoisotopic (exact) mass is 199 g/mol. The fraction of sp³-hybridized carbons (Fsp3) is 0.778. The van der Waals surface area contributed by atoms with Gasteiger partial charge in [-0.25, -0.2) is 0 Å². The highest BCUT2D eigenvalue weighted by Crippen LogP contribution is 2.18. The lowest BCUT2D eigenvalue weighted by Crippen LogP contribution is -2.44. The Bertz CT molecular complexity index is 226. The zero-order valence-electron chi connectivity index (χ0n) is 8.38. The normalized spacial score (nSPS) is 17.3. The number of carbonyl (C=O) groups excluding carboxylic acids is 2.